The zero-order chi connectivity index (χ0) is 35.3. The number of rotatable bonds is 13. The molecule has 11 nitrogen and oxygen atoms in total. The molecule has 258 valence electrons. The van der Waals surface area contributed by atoms with Crippen molar-refractivity contribution in [2.75, 3.05) is 0 Å². The van der Waals surface area contributed by atoms with Crippen molar-refractivity contribution < 1.29 is 28.7 Å². The zero-order valence-corrected chi connectivity index (χ0v) is 28.6. The quantitative estimate of drug-likeness (QED) is 0.102. The Hall–Kier alpha value is -5.75. The van der Waals surface area contributed by atoms with E-state index in [2.05, 4.69) is 26.5 Å². The molecule has 0 aliphatic carbocycles. The number of aromatic nitrogens is 1. The fraction of sp³-hybridized carbons (Fsp3) is 0.237. The highest BCUT2D eigenvalue weighted by Crippen LogP contribution is 2.25. The molecule has 4 amide bonds. The number of fused-ring (bicyclic) bond motifs is 1. The third-order valence-corrected chi connectivity index (χ3v) is 8.60. The van der Waals surface area contributed by atoms with Crippen LogP contribution in [0, 0.1) is 5.92 Å². The fourth-order valence-corrected chi connectivity index (χ4v) is 6.00. The van der Waals surface area contributed by atoms with Crippen LogP contribution in [-0.4, -0.2) is 35.0 Å². The van der Waals surface area contributed by atoms with E-state index in [4.69, 9.17) is 9.47 Å². The Bertz CT molecular complexity index is 1900. The molecular weight excluding hydrogens is 655 g/mol. The first-order chi connectivity index (χ1) is 24.2. The molecule has 5 aromatic rings. The molecule has 0 unspecified atom stereocenters. The first-order valence-corrected chi connectivity index (χ1v) is 17.1. The van der Waals surface area contributed by atoms with E-state index in [1.807, 2.05) is 117 Å². The zero-order valence-electron chi connectivity index (χ0n) is 27.8. The molecule has 0 radical (unpaired) electrons. The molecule has 0 fully saturated rings. The summed E-state index contributed by atoms with van der Waals surface area (Å²) in [6.07, 6.45) is -0.679. The summed E-state index contributed by atoms with van der Waals surface area (Å²) < 4.78 is 10.8. The number of thiazole rings is 1. The van der Waals surface area contributed by atoms with Gasteiger partial charge in [0.25, 0.3) is 11.8 Å². The number of hydrogen-bond donors (Lipinski definition) is 4. The average molecular weight is 694 g/mol. The van der Waals surface area contributed by atoms with Crippen LogP contribution in [0.5, 0.6) is 0 Å². The van der Waals surface area contributed by atoms with E-state index in [1.165, 1.54) is 11.3 Å². The van der Waals surface area contributed by atoms with E-state index in [-0.39, 0.29) is 31.2 Å². The summed E-state index contributed by atoms with van der Waals surface area (Å²) in [7, 11) is 0. The van der Waals surface area contributed by atoms with Crippen molar-refractivity contribution >= 4 is 46.1 Å². The number of alkyl carbamates (subject to hydrolysis) is 2. The number of benzene rings is 4. The SMILES string of the molecule is CC(C)C[C@H](NC(=O)OCc1ccccc1)c1nc(C(=O)NNC(=O)[C@H](Cc2ccc3ccccc3c2)NC(=O)OCc2ccccc2)cs1. The number of carbonyl (C=O) groups excluding carboxylic acids is 4. The van der Waals surface area contributed by atoms with Crippen molar-refractivity contribution in [2.45, 2.75) is 52.0 Å². The Balaban J connectivity index is 1.21. The molecule has 2 atom stereocenters. The minimum atomic E-state index is -1.08. The Morgan fingerprint density at radius 1 is 0.700 bits per heavy atom. The topological polar surface area (TPSA) is 148 Å². The van der Waals surface area contributed by atoms with Gasteiger partial charge in [-0.15, -0.1) is 11.3 Å². The van der Waals surface area contributed by atoms with E-state index in [0.717, 1.165) is 27.5 Å². The lowest BCUT2D eigenvalue weighted by molar-refractivity contribution is -0.123. The number of hydrazine groups is 1. The van der Waals surface area contributed by atoms with E-state index in [0.29, 0.717) is 11.4 Å². The van der Waals surface area contributed by atoms with Gasteiger partial charge in [-0.25, -0.2) is 14.6 Å². The van der Waals surface area contributed by atoms with Crippen molar-refractivity contribution in [1.29, 1.82) is 0 Å². The van der Waals surface area contributed by atoms with Gasteiger partial charge in [-0.1, -0.05) is 117 Å². The van der Waals surface area contributed by atoms with Gasteiger partial charge in [0.15, 0.2) is 0 Å². The molecular formula is C38H39N5O6S. The fourth-order valence-electron chi connectivity index (χ4n) is 5.14. The van der Waals surface area contributed by atoms with Crippen molar-refractivity contribution in [3.05, 3.63) is 136 Å². The highest BCUT2D eigenvalue weighted by molar-refractivity contribution is 7.09. The standard InChI is InChI=1S/C38H39N5O6S/c1-25(2)19-32(41-38(47)49-23-27-13-7-4-8-14-27)36-39-33(24-50-36)35(45)43-42-34(44)31(40-37(46)48-22-26-11-5-3-6-12-26)21-28-17-18-29-15-9-10-16-30(29)20-28/h3-18,20,24-25,31-32H,19,21-23H2,1-2H3,(H,40,46)(H,41,47)(H,42,44)(H,43,45)/t31-,32-/m0/s1. The number of carbonyl (C=O) groups is 4. The molecule has 0 aliphatic heterocycles. The van der Waals surface area contributed by atoms with E-state index in [9.17, 15) is 19.2 Å². The second kappa shape index (κ2) is 17.6. The van der Waals surface area contributed by atoms with Crippen molar-refractivity contribution in [3.8, 4) is 0 Å². The smallest absolute Gasteiger partial charge is 0.408 e. The lowest BCUT2D eigenvalue weighted by atomic mass is 10.0. The van der Waals surface area contributed by atoms with Crippen molar-refractivity contribution in [2.24, 2.45) is 5.92 Å². The largest absolute Gasteiger partial charge is 0.445 e. The van der Waals surface area contributed by atoms with Crippen LogP contribution < -0.4 is 21.5 Å². The lowest BCUT2D eigenvalue weighted by Gasteiger charge is -2.19. The van der Waals surface area contributed by atoms with Crippen molar-refractivity contribution in [3.63, 3.8) is 0 Å². The van der Waals surface area contributed by atoms with Crippen LogP contribution in [0.25, 0.3) is 10.8 Å². The molecule has 4 aromatic carbocycles. The maximum Gasteiger partial charge on any atom is 0.408 e. The van der Waals surface area contributed by atoms with Gasteiger partial charge in [-0.2, -0.15) is 0 Å². The summed E-state index contributed by atoms with van der Waals surface area (Å²) in [6.45, 7) is 4.17. The highest BCUT2D eigenvalue weighted by Gasteiger charge is 2.25. The minimum Gasteiger partial charge on any atom is -0.445 e. The van der Waals surface area contributed by atoms with Crippen LogP contribution in [0.4, 0.5) is 9.59 Å². The van der Waals surface area contributed by atoms with Crippen LogP contribution >= 0.6 is 11.3 Å². The number of hydrogen-bond acceptors (Lipinski definition) is 8. The van der Waals surface area contributed by atoms with Crippen LogP contribution in [0.15, 0.2) is 109 Å². The number of amides is 4. The summed E-state index contributed by atoms with van der Waals surface area (Å²) >= 11 is 1.21. The summed E-state index contributed by atoms with van der Waals surface area (Å²) in [5, 5.41) is 9.58. The summed E-state index contributed by atoms with van der Waals surface area (Å²) in [5.41, 5.74) is 7.33. The highest BCUT2D eigenvalue weighted by atomic mass is 32.1. The van der Waals surface area contributed by atoms with Gasteiger partial charge in [-0.05, 0) is 39.8 Å². The first-order valence-electron chi connectivity index (χ1n) is 16.2. The number of nitrogens with zero attached hydrogens (tertiary/aromatic N) is 1. The van der Waals surface area contributed by atoms with Gasteiger partial charge < -0.3 is 20.1 Å². The molecule has 0 spiro atoms. The minimum absolute atomic E-state index is 0.0251. The molecule has 0 saturated heterocycles. The first kappa shape index (κ1) is 35.6. The molecule has 5 rings (SSSR count). The molecule has 0 saturated carbocycles. The molecule has 0 aliphatic rings. The predicted octanol–water partition coefficient (Wildman–Crippen LogP) is 6.61. The summed E-state index contributed by atoms with van der Waals surface area (Å²) in [6, 6.07) is 30.6. The van der Waals surface area contributed by atoms with E-state index >= 15 is 0 Å². The Kier molecular flexibility index (Phi) is 12.5. The van der Waals surface area contributed by atoms with Crippen LogP contribution in [0.2, 0.25) is 0 Å². The second-order valence-corrected chi connectivity index (χ2v) is 12.9. The Labute approximate surface area is 294 Å². The molecule has 1 aromatic heterocycles. The van der Waals surface area contributed by atoms with Crippen LogP contribution in [0.1, 0.15) is 58.5 Å². The molecule has 4 N–H and O–H groups in total. The second-order valence-electron chi connectivity index (χ2n) is 12.0. The lowest BCUT2D eigenvalue weighted by Crippen LogP contribution is -2.53. The van der Waals surface area contributed by atoms with Gasteiger partial charge >= 0.3 is 12.2 Å². The molecule has 12 heteroatoms. The molecule has 0 bridgehead atoms. The van der Waals surface area contributed by atoms with Gasteiger partial charge in [0.05, 0.1) is 6.04 Å². The number of ether oxygens (including phenoxy) is 2. The maximum absolute atomic E-state index is 13.4. The third-order valence-electron chi connectivity index (χ3n) is 7.64. The van der Waals surface area contributed by atoms with Crippen LogP contribution in [0.3, 0.4) is 0 Å². The maximum atomic E-state index is 13.4. The number of nitrogens with one attached hydrogen (secondary N) is 4. The van der Waals surface area contributed by atoms with Crippen LogP contribution in [-0.2, 0) is 33.9 Å². The van der Waals surface area contributed by atoms with Gasteiger partial charge in [0.1, 0.15) is 30.0 Å². The van der Waals surface area contributed by atoms with Crippen molar-refractivity contribution in [1.82, 2.24) is 26.5 Å². The third kappa shape index (κ3) is 10.6. The summed E-state index contributed by atoms with van der Waals surface area (Å²) in [5.74, 6) is -1.10. The van der Waals surface area contributed by atoms with Gasteiger partial charge in [0, 0.05) is 11.8 Å². The summed E-state index contributed by atoms with van der Waals surface area (Å²) in [4.78, 5) is 56.3. The van der Waals surface area contributed by atoms with E-state index in [1.54, 1.807) is 5.38 Å². The van der Waals surface area contributed by atoms with E-state index < -0.39 is 36.1 Å². The Morgan fingerprint density at radius 2 is 1.30 bits per heavy atom. The van der Waals surface area contributed by atoms with Gasteiger partial charge in [-0.3, -0.25) is 20.4 Å². The predicted molar refractivity (Wildman–Crippen MR) is 191 cm³/mol. The van der Waals surface area contributed by atoms with Gasteiger partial charge in [0.2, 0.25) is 0 Å². The normalized spacial score (nSPS) is 12.1. The Morgan fingerprint density at radius 3 is 1.94 bits per heavy atom. The molecule has 50 heavy (non-hydrogen) atoms. The average Bonchev–Trinajstić information content (AvgIpc) is 3.63. The monoisotopic (exact) mass is 693 g/mol. The molecule has 1 heterocycles.